The van der Waals surface area contributed by atoms with E-state index in [0.717, 1.165) is 25.9 Å². The molecule has 0 saturated carbocycles. The average molecular weight is 288 g/mol. The molecule has 0 radical (unpaired) electrons. The summed E-state index contributed by atoms with van der Waals surface area (Å²) in [4.78, 5) is 2.27. The number of hydrogen-bond acceptors (Lipinski definition) is 3. The molecule has 0 amide bonds. The Labute approximate surface area is 129 Å². The Morgan fingerprint density at radius 3 is 2.29 bits per heavy atom. The molecule has 0 aromatic heterocycles. The maximum atomic E-state index is 10.1. The molecule has 3 nitrogen and oxygen atoms in total. The molecule has 0 saturated heterocycles. The topological polar surface area (TPSA) is 47.3 Å². The molecule has 0 aliphatic rings. The van der Waals surface area contributed by atoms with Crippen LogP contribution in [0.25, 0.3) is 0 Å². The van der Waals surface area contributed by atoms with E-state index < -0.39 is 5.60 Å². The van der Waals surface area contributed by atoms with Gasteiger partial charge in [-0.3, -0.25) is 4.90 Å². The van der Waals surface area contributed by atoms with Crippen molar-refractivity contribution < 1.29 is 5.11 Å². The van der Waals surface area contributed by atoms with Crippen molar-refractivity contribution in [3.63, 3.8) is 0 Å². The number of aliphatic hydroxyl groups is 1. The fraction of sp³-hybridized carbons (Fsp3) is 0.611. The molecular weight excluding hydrogens is 260 g/mol. The molecular formula is C18H28N2O. The molecule has 21 heavy (non-hydrogen) atoms. The van der Waals surface area contributed by atoms with Crippen LogP contribution in [0.5, 0.6) is 0 Å². The van der Waals surface area contributed by atoms with Crippen molar-refractivity contribution in [2.75, 3.05) is 13.1 Å². The lowest BCUT2D eigenvalue weighted by Crippen LogP contribution is -2.39. The predicted molar refractivity (Wildman–Crippen MR) is 86.6 cm³/mol. The lowest BCUT2D eigenvalue weighted by atomic mass is 9.89. The minimum absolute atomic E-state index is 0.271. The van der Waals surface area contributed by atoms with Crippen molar-refractivity contribution in [2.45, 2.75) is 52.7 Å². The van der Waals surface area contributed by atoms with Gasteiger partial charge in [0.25, 0.3) is 0 Å². The van der Waals surface area contributed by atoms with Gasteiger partial charge in [-0.15, -0.1) is 0 Å². The maximum absolute atomic E-state index is 10.1. The highest BCUT2D eigenvalue weighted by molar-refractivity contribution is 5.14. The summed E-state index contributed by atoms with van der Waals surface area (Å²) in [6.07, 6.45) is 1.84. The van der Waals surface area contributed by atoms with Crippen molar-refractivity contribution in [1.82, 2.24) is 4.90 Å². The third kappa shape index (κ3) is 7.84. The van der Waals surface area contributed by atoms with Crippen LogP contribution in [0.4, 0.5) is 0 Å². The van der Waals surface area contributed by atoms with Crippen LogP contribution in [-0.2, 0) is 6.54 Å². The first kappa shape index (κ1) is 17.7. The predicted octanol–water partition coefficient (Wildman–Crippen LogP) is 3.59. The highest BCUT2D eigenvalue weighted by Gasteiger charge is 2.20. The van der Waals surface area contributed by atoms with Crippen LogP contribution in [0.15, 0.2) is 30.3 Å². The molecule has 3 heteroatoms. The standard InChI is InChI=1S/C18H28N2O/c1-17(2,14-19)11-8-12-20(15-18(3,4)21)13-16-9-6-5-7-10-16/h5-7,9-10,21H,8,11-13,15H2,1-4H3. The van der Waals surface area contributed by atoms with Crippen LogP contribution >= 0.6 is 0 Å². The van der Waals surface area contributed by atoms with Gasteiger partial charge in [-0.05, 0) is 52.6 Å². The third-order valence-electron chi connectivity index (χ3n) is 3.44. The van der Waals surface area contributed by atoms with Gasteiger partial charge in [-0.1, -0.05) is 30.3 Å². The van der Waals surface area contributed by atoms with Crippen molar-refractivity contribution in [3.8, 4) is 6.07 Å². The summed E-state index contributed by atoms with van der Waals surface area (Å²) >= 11 is 0. The summed E-state index contributed by atoms with van der Waals surface area (Å²) in [6, 6.07) is 12.6. The second-order valence-corrected chi connectivity index (χ2v) is 7.11. The Balaban J connectivity index is 2.59. The molecule has 0 aliphatic heterocycles. The fourth-order valence-electron chi connectivity index (χ4n) is 2.40. The van der Waals surface area contributed by atoms with E-state index in [1.807, 2.05) is 45.9 Å². The van der Waals surface area contributed by atoms with Crippen LogP contribution in [0.1, 0.15) is 46.1 Å². The first-order valence-electron chi connectivity index (χ1n) is 7.62. The van der Waals surface area contributed by atoms with Gasteiger partial charge in [0.05, 0.1) is 17.1 Å². The summed E-state index contributed by atoms with van der Waals surface area (Å²) < 4.78 is 0. The van der Waals surface area contributed by atoms with Gasteiger partial charge in [0, 0.05) is 13.1 Å². The average Bonchev–Trinajstić information content (AvgIpc) is 2.38. The lowest BCUT2D eigenvalue weighted by molar-refractivity contribution is 0.0324. The SMILES string of the molecule is CC(C)(O)CN(CCCC(C)(C)C#N)Cc1ccccc1. The molecule has 0 fully saturated rings. The van der Waals surface area contributed by atoms with E-state index in [-0.39, 0.29) is 5.41 Å². The summed E-state index contributed by atoms with van der Waals surface area (Å²) in [5.74, 6) is 0. The number of nitriles is 1. The lowest BCUT2D eigenvalue weighted by Gasteiger charge is -2.29. The molecule has 0 bridgehead atoms. The quantitative estimate of drug-likeness (QED) is 0.795. The zero-order valence-electron chi connectivity index (χ0n) is 13.8. The summed E-state index contributed by atoms with van der Waals surface area (Å²) in [5.41, 5.74) is 0.272. The van der Waals surface area contributed by atoms with E-state index in [0.29, 0.717) is 6.54 Å². The highest BCUT2D eigenvalue weighted by atomic mass is 16.3. The van der Waals surface area contributed by atoms with Crippen molar-refractivity contribution in [3.05, 3.63) is 35.9 Å². The van der Waals surface area contributed by atoms with E-state index >= 15 is 0 Å². The van der Waals surface area contributed by atoms with Gasteiger partial charge >= 0.3 is 0 Å². The molecule has 0 spiro atoms. The van der Waals surface area contributed by atoms with Gasteiger partial charge in [0.2, 0.25) is 0 Å². The van der Waals surface area contributed by atoms with E-state index in [2.05, 4.69) is 23.1 Å². The second-order valence-electron chi connectivity index (χ2n) is 7.11. The number of hydrogen-bond donors (Lipinski definition) is 1. The van der Waals surface area contributed by atoms with Gasteiger partial charge in [-0.2, -0.15) is 5.26 Å². The Morgan fingerprint density at radius 2 is 1.76 bits per heavy atom. The zero-order valence-corrected chi connectivity index (χ0v) is 13.8. The number of rotatable bonds is 8. The smallest absolute Gasteiger partial charge is 0.0718 e. The molecule has 0 aliphatic carbocycles. The van der Waals surface area contributed by atoms with Gasteiger partial charge in [-0.25, -0.2) is 0 Å². The van der Waals surface area contributed by atoms with Gasteiger partial charge in [0.1, 0.15) is 0 Å². The number of benzene rings is 1. The molecule has 0 heterocycles. The minimum Gasteiger partial charge on any atom is -0.389 e. The number of nitrogens with zero attached hydrogens (tertiary/aromatic N) is 2. The molecule has 1 aromatic carbocycles. The highest BCUT2D eigenvalue weighted by Crippen LogP contribution is 2.21. The summed E-state index contributed by atoms with van der Waals surface area (Å²) in [5, 5.41) is 19.2. The van der Waals surface area contributed by atoms with Crippen molar-refractivity contribution >= 4 is 0 Å². The molecule has 116 valence electrons. The maximum Gasteiger partial charge on any atom is 0.0718 e. The van der Waals surface area contributed by atoms with Crippen LogP contribution in [-0.4, -0.2) is 28.7 Å². The van der Waals surface area contributed by atoms with E-state index in [1.165, 1.54) is 5.56 Å². The van der Waals surface area contributed by atoms with Crippen LogP contribution < -0.4 is 0 Å². The van der Waals surface area contributed by atoms with E-state index in [4.69, 9.17) is 5.26 Å². The Morgan fingerprint density at radius 1 is 1.14 bits per heavy atom. The third-order valence-corrected chi connectivity index (χ3v) is 3.44. The first-order chi connectivity index (χ1) is 9.72. The first-order valence-corrected chi connectivity index (χ1v) is 7.62. The van der Waals surface area contributed by atoms with Crippen molar-refractivity contribution in [2.24, 2.45) is 5.41 Å². The van der Waals surface area contributed by atoms with Crippen LogP contribution in [0, 0.1) is 16.7 Å². The molecule has 0 unspecified atom stereocenters. The molecule has 1 N–H and O–H groups in total. The second kappa shape index (κ2) is 7.59. The largest absolute Gasteiger partial charge is 0.389 e. The molecule has 1 rings (SSSR count). The summed E-state index contributed by atoms with van der Waals surface area (Å²) in [7, 11) is 0. The Kier molecular flexibility index (Phi) is 6.39. The van der Waals surface area contributed by atoms with E-state index in [9.17, 15) is 5.11 Å². The van der Waals surface area contributed by atoms with Crippen LogP contribution in [0.2, 0.25) is 0 Å². The molecule has 1 aromatic rings. The van der Waals surface area contributed by atoms with Crippen molar-refractivity contribution in [1.29, 1.82) is 5.26 Å². The summed E-state index contributed by atoms with van der Waals surface area (Å²) in [6.45, 7) is 9.99. The minimum atomic E-state index is -0.709. The zero-order chi connectivity index (χ0) is 15.9. The van der Waals surface area contributed by atoms with E-state index in [1.54, 1.807) is 0 Å². The normalized spacial score (nSPS) is 12.4. The Hall–Kier alpha value is -1.37. The van der Waals surface area contributed by atoms with Gasteiger partial charge < -0.3 is 5.11 Å². The fourth-order valence-corrected chi connectivity index (χ4v) is 2.40. The molecule has 0 atom stereocenters. The Bertz CT molecular complexity index is 454. The monoisotopic (exact) mass is 288 g/mol. The van der Waals surface area contributed by atoms with Gasteiger partial charge in [0.15, 0.2) is 0 Å². The van der Waals surface area contributed by atoms with Crippen LogP contribution in [0.3, 0.4) is 0 Å².